The van der Waals surface area contributed by atoms with Crippen molar-refractivity contribution >= 4 is 16.9 Å². The highest BCUT2D eigenvalue weighted by Gasteiger charge is 2.20. The van der Waals surface area contributed by atoms with Crippen LogP contribution in [0.25, 0.3) is 11.0 Å². The lowest BCUT2D eigenvalue weighted by Crippen LogP contribution is -2.23. The van der Waals surface area contributed by atoms with Crippen molar-refractivity contribution in [2.75, 3.05) is 6.61 Å². The second-order valence-corrected chi connectivity index (χ2v) is 5.35. The van der Waals surface area contributed by atoms with Crippen molar-refractivity contribution in [1.82, 2.24) is 5.32 Å². The summed E-state index contributed by atoms with van der Waals surface area (Å²) in [5.41, 5.74) is 2.20. The third kappa shape index (κ3) is 3.46. The average Bonchev–Trinajstić information content (AvgIpc) is 2.98. The van der Waals surface area contributed by atoms with Gasteiger partial charge in [-0.1, -0.05) is 30.3 Å². The Morgan fingerprint density at radius 2 is 1.92 bits per heavy atom. The van der Waals surface area contributed by atoms with Gasteiger partial charge in [0.1, 0.15) is 11.4 Å². The second kappa shape index (κ2) is 7.27. The fourth-order valence-corrected chi connectivity index (χ4v) is 2.49. The van der Waals surface area contributed by atoms with Crippen LogP contribution in [-0.2, 0) is 17.9 Å². The van der Waals surface area contributed by atoms with E-state index < -0.39 is 0 Å². The average molecular weight is 327 g/mol. The Labute approximate surface area is 139 Å². The van der Waals surface area contributed by atoms with Gasteiger partial charge in [0.2, 0.25) is 0 Å². The van der Waals surface area contributed by atoms with Crippen LogP contribution in [0, 0.1) is 5.82 Å². The fourth-order valence-electron chi connectivity index (χ4n) is 2.49. The van der Waals surface area contributed by atoms with Gasteiger partial charge in [0.05, 0.1) is 6.61 Å². The lowest BCUT2D eigenvalue weighted by molar-refractivity contribution is 0.0912. The Morgan fingerprint density at radius 3 is 2.67 bits per heavy atom. The van der Waals surface area contributed by atoms with E-state index in [1.165, 1.54) is 12.1 Å². The number of furan rings is 1. The van der Waals surface area contributed by atoms with E-state index in [9.17, 15) is 9.18 Å². The summed E-state index contributed by atoms with van der Waals surface area (Å²) in [6, 6.07) is 13.5. The maximum atomic E-state index is 12.9. The summed E-state index contributed by atoms with van der Waals surface area (Å²) in [7, 11) is 0. The molecule has 24 heavy (non-hydrogen) atoms. The van der Waals surface area contributed by atoms with Gasteiger partial charge in [-0.25, -0.2) is 4.39 Å². The standard InChI is InChI=1S/C19H18FNO3/c1-2-23-12-16-15-5-3-4-6-17(15)24-18(16)19(22)21-11-13-7-9-14(20)10-8-13/h3-10H,2,11-12H2,1H3,(H,21,22). The van der Waals surface area contributed by atoms with Crippen LogP contribution in [0.3, 0.4) is 0 Å². The van der Waals surface area contributed by atoms with Crippen LogP contribution in [0.15, 0.2) is 52.9 Å². The van der Waals surface area contributed by atoms with E-state index in [1.807, 2.05) is 31.2 Å². The molecule has 4 nitrogen and oxygen atoms in total. The lowest BCUT2D eigenvalue weighted by Gasteiger charge is -2.06. The first kappa shape index (κ1) is 16.2. The molecular formula is C19H18FNO3. The molecule has 3 rings (SSSR count). The maximum absolute atomic E-state index is 12.9. The van der Waals surface area contributed by atoms with E-state index in [0.29, 0.717) is 25.3 Å². The molecule has 3 aromatic rings. The van der Waals surface area contributed by atoms with Gasteiger partial charge in [0.15, 0.2) is 5.76 Å². The minimum absolute atomic E-state index is 0.256. The number of hydrogen-bond donors (Lipinski definition) is 1. The van der Waals surface area contributed by atoms with Gasteiger partial charge in [-0.2, -0.15) is 0 Å². The highest BCUT2D eigenvalue weighted by Crippen LogP contribution is 2.26. The zero-order chi connectivity index (χ0) is 16.9. The van der Waals surface area contributed by atoms with Crippen LogP contribution in [0.2, 0.25) is 0 Å². The Morgan fingerprint density at radius 1 is 1.17 bits per heavy atom. The van der Waals surface area contributed by atoms with Gasteiger partial charge < -0.3 is 14.5 Å². The molecule has 0 fully saturated rings. The van der Waals surface area contributed by atoms with E-state index in [4.69, 9.17) is 9.15 Å². The van der Waals surface area contributed by atoms with Gasteiger partial charge in [-0.3, -0.25) is 4.79 Å². The molecule has 1 N–H and O–H groups in total. The third-order valence-corrected chi connectivity index (χ3v) is 3.72. The van der Waals surface area contributed by atoms with Crippen LogP contribution in [-0.4, -0.2) is 12.5 Å². The summed E-state index contributed by atoms with van der Waals surface area (Å²) in [5.74, 6) is -0.363. The summed E-state index contributed by atoms with van der Waals surface area (Å²) < 4.78 is 24.1. The van der Waals surface area contributed by atoms with Crippen molar-refractivity contribution in [3.05, 3.63) is 71.2 Å². The summed E-state index contributed by atoms with van der Waals surface area (Å²) in [4.78, 5) is 12.5. The number of ether oxygens (including phenoxy) is 1. The van der Waals surface area contributed by atoms with E-state index >= 15 is 0 Å². The number of nitrogens with one attached hydrogen (secondary N) is 1. The number of fused-ring (bicyclic) bond motifs is 1. The normalized spacial score (nSPS) is 10.9. The summed E-state index contributed by atoms with van der Waals surface area (Å²) >= 11 is 0. The van der Waals surface area contributed by atoms with Crippen LogP contribution in [0.1, 0.15) is 28.6 Å². The first-order valence-electron chi connectivity index (χ1n) is 7.80. The van der Waals surface area contributed by atoms with Crippen molar-refractivity contribution in [3.63, 3.8) is 0 Å². The van der Waals surface area contributed by atoms with E-state index in [0.717, 1.165) is 16.5 Å². The van der Waals surface area contributed by atoms with Crippen molar-refractivity contribution < 1.29 is 18.3 Å². The summed E-state index contributed by atoms with van der Waals surface area (Å²) in [5, 5.41) is 3.67. The molecule has 124 valence electrons. The molecule has 1 amide bonds. The zero-order valence-corrected chi connectivity index (χ0v) is 13.3. The minimum atomic E-state index is -0.315. The molecule has 1 aromatic heterocycles. The SMILES string of the molecule is CCOCc1c(C(=O)NCc2ccc(F)cc2)oc2ccccc12. The molecule has 0 saturated carbocycles. The molecule has 5 heteroatoms. The quantitative estimate of drug-likeness (QED) is 0.743. The highest BCUT2D eigenvalue weighted by atomic mass is 19.1. The Bertz CT molecular complexity index is 839. The highest BCUT2D eigenvalue weighted by molar-refractivity contribution is 5.99. The van der Waals surface area contributed by atoms with Crippen molar-refractivity contribution in [2.45, 2.75) is 20.1 Å². The number of amides is 1. The molecule has 0 unspecified atom stereocenters. The van der Waals surface area contributed by atoms with Crippen LogP contribution in [0.4, 0.5) is 4.39 Å². The lowest BCUT2D eigenvalue weighted by atomic mass is 10.1. The van der Waals surface area contributed by atoms with E-state index in [1.54, 1.807) is 12.1 Å². The molecule has 0 aliphatic rings. The van der Waals surface area contributed by atoms with Gasteiger partial charge in [0, 0.05) is 24.1 Å². The number of carbonyl (C=O) groups is 1. The summed E-state index contributed by atoms with van der Waals surface area (Å²) in [6.45, 7) is 3.06. The molecule has 0 spiro atoms. The largest absolute Gasteiger partial charge is 0.451 e. The predicted molar refractivity (Wildman–Crippen MR) is 89.1 cm³/mol. The Balaban J connectivity index is 1.81. The van der Waals surface area contributed by atoms with Crippen molar-refractivity contribution in [1.29, 1.82) is 0 Å². The molecule has 0 saturated heterocycles. The molecule has 1 heterocycles. The Hall–Kier alpha value is -2.66. The van der Waals surface area contributed by atoms with Gasteiger partial charge >= 0.3 is 0 Å². The fraction of sp³-hybridized carbons (Fsp3) is 0.211. The number of carbonyl (C=O) groups excluding carboxylic acids is 1. The van der Waals surface area contributed by atoms with Gasteiger partial charge in [0.25, 0.3) is 5.91 Å². The topological polar surface area (TPSA) is 51.5 Å². The van der Waals surface area contributed by atoms with E-state index in [2.05, 4.69) is 5.32 Å². The molecule has 0 bridgehead atoms. The first-order chi connectivity index (χ1) is 11.7. The Kier molecular flexibility index (Phi) is 4.91. The number of hydrogen-bond acceptors (Lipinski definition) is 3. The molecule has 0 aliphatic carbocycles. The van der Waals surface area contributed by atoms with Crippen molar-refractivity contribution in [2.24, 2.45) is 0 Å². The summed E-state index contributed by atoms with van der Waals surface area (Å²) in [6.07, 6.45) is 0. The molecular weight excluding hydrogens is 309 g/mol. The number of para-hydroxylation sites is 1. The number of rotatable bonds is 6. The molecule has 0 radical (unpaired) electrons. The van der Waals surface area contributed by atoms with Crippen LogP contribution < -0.4 is 5.32 Å². The molecule has 0 atom stereocenters. The molecule has 0 aliphatic heterocycles. The smallest absolute Gasteiger partial charge is 0.287 e. The third-order valence-electron chi connectivity index (χ3n) is 3.72. The number of benzene rings is 2. The van der Waals surface area contributed by atoms with Crippen molar-refractivity contribution in [3.8, 4) is 0 Å². The second-order valence-electron chi connectivity index (χ2n) is 5.35. The van der Waals surface area contributed by atoms with Gasteiger partial charge in [-0.15, -0.1) is 0 Å². The minimum Gasteiger partial charge on any atom is -0.451 e. The monoisotopic (exact) mass is 327 g/mol. The van der Waals surface area contributed by atoms with E-state index in [-0.39, 0.29) is 17.5 Å². The molecule has 2 aromatic carbocycles. The predicted octanol–water partition coefficient (Wildman–Crippen LogP) is 4.04. The van der Waals surface area contributed by atoms with Gasteiger partial charge in [-0.05, 0) is 30.7 Å². The zero-order valence-electron chi connectivity index (χ0n) is 13.3. The van der Waals surface area contributed by atoms with Crippen LogP contribution >= 0.6 is 0 Å². The number of halogens is 1. The maximum Gasteiger partial charge on any atom is 0.287 e. The van der Waals surface area contributed by atoms with Crippen LogP contribution in [0.5, 0.6) is 0 Å². The first-order valence-corrected chi connectivity index (χ1v) is 7.80.